The van der Waals surface area contributed by atoms with Crippen LogP contribution in [0.4, 0.5) is 4.39 Å². The Labute approximate surface area is 83.9 Å². The van der Waals surface area contributed by atoms with Gasteiger partial charge in [-0.1, -0.05) is 6.92 Å². The molecular formula is C10H18FNO2. The fourth-order valence-corrected chi connectivity index (χ4v) is 1.76. The van der Waals surface area contributed by atoms with Crippen LogP contribution < -0.4 is 0 Å². The van der Waals surface area contributed by atoms with Gasteiger partial charge in [0.05, 0.1) is 5.92 Å². The molecule has 0 saturated carbocycles. The molecule has 0 aromatic rings. The first-order valence-corrected chi connectivity index (χ1v) is 5.19. The minimum absolute atomic E-state index is 0.355. The van der Waals surface area contributed by atoms with Gasteiger partial charge < -0.3 is 10.0 Å². The minimum Gasteiger partial charge on any atom is -0.481 e. The van der Waals surface area contributed by atoms with E-state index in [1.807, 2.05) is 0 Å². The van der Waals surface area contributed by atoms with Crippen LogP contribution in [0.3, 0.4) is 0 Å². The molecule has 14 heavy (non-hydrogen) atoms. The molecule has 1 rings (SSSR count). The first kappa shape index (κ1) is 11.4. The standard InChI is InChI=1S/C10H18FNO2/c1-8(10(13)14)7-12-5-2-3-9(11)4-6-12/h8-9H,2-7H2,1H3,(H,13,14). The number of likely N-dealkylation sites (tertiary alicyclic amines) is 1. The van der Waals surface area contributed by atoms with E-state index in [0.717, 1.165) is 13.0 Å². The molecule has 0 aromatic carbocycles. The second-order valence-corrected chi connectivity index (χ2v) is 4.07. The van der Waals surface area contributed by atoms with Crippen LogP contribution in [0.5, 0.6) is 0 Å². The van der Waals surface area contributed by atoms with Crippen molar-refractivity contribution in [2.24, 2.45) is 5.92 Å². The lowest BCUT2D eigenvalue weighted by atomic mass is 10.1. The van der Waals surface area contributed by atoms with Crippen LogP contribution in [0.1, 0.15) is 26.2 Å². The summed E-state index contributed by atoms with van der Waals surface area (Å²) in [5, 5.41) is 8.73. The molecule has 0 radical (unpaired) electrons. The molecule has 0 spiro atoms. The summed E-state index contributed by atoms with van der Waals surface area (Å²) in [6, 6.07) is 0. The number of halogens is 1. The summed E-state index contributed by atoms with van der Waals surface area (Å²) in [6.07, 6.45) is 1.32. The Morgan fingerprint density at radius 1 is 1.57 bits per heavy atom. The van der Waals surface area contributed by atoms with Gasteiger partial charge in [-0.05, 0) is 25.8 Å². The summed E-state index contributed by atoms with van der Waals surface area (Å²) in [6.45, 7) is 3.76. The first-order valence-electron chi connectivity index (χ1n) is 5.19. The second-order valence-electron chi connectivity index (χ2n) is 4.07. The van der Waals surface area contributed by atoms with E-state index in [1.165, 1.54) is 0 Å². The Kier molecular flexibility index (Phi) is 4.32. The van der Waals surface area contributed by atoms with Crippen molar-refractivity contribution in [2.75, 3.05) is 19.6 Å². The number of hydrogen-bond donors (Lipinski definition) is 1. The maximum absolute atomic E-state index is 13.0. The lowest BCUT2D eigenvalue weighted by Crippen LogP contribution is -2.32. The average molecular weight is 203 g/mol. The van der Waals surface area contributed by atoms with Gasteiger partial charge in [-0.25, -0.2) is 4.39 Å². The molecule has 0 bridgehead atoms. The topological polar surface area (TPSA) is 40.5 Å². The van der Waals surface area contributed by atoms with Gasteiger partial charge in [-0.3, -0.25) is 4.79 Å². The number of carbonyl (C=O) groups is 1. The van der Waals surface area contributed by atoms with E-state index in [4.69, 9.17) is 5.11 Å². The van der Waals surface area contributed by atoms with Crippen molar-refractivity contribution >= 4 is 5.97 Å². The molecule has 0 aliphatic carbocycles. The van der Waals surface area contributed by atoms with Crippen LogP contribution in [-0.4, -0.2) is 41.8 Å². The zero-order chi connectivity index (χ0) is 10.6. The normalized spacial score (nSPS) is 26.9. The van der Waals surface area contributed by atoms with Crippen molar-refractivity contribution in [3.8, 4) is 0 Å². The molecular weight excluding hydrogens is 185 g/mol. The molecule has 1 N–H and O–H groups in total. The Morgan fingerprint density at radius 2 is 2.29 bits per heavy atom. The van der Waals surface area contributed by atoms with Crippen molar-refractivity contribution in [2.45, 2.75) is 32.4 Å². The number of carboxylic acids is 1. The molecule has 4 heteroatoms. The smallest absolute Gasteiger partial charge is 0.307 e. The monoisotopic (exact) mass is 203 g/mol. The van der Waals surface area contributed by atoms with Gasteiger partial charge in [0.25, 0.3) is 0 Å². The maximum Gasteiger partial charge on any atom is 0.307 e. The maximum atomic E-state index is 13.0. The van der Waals surface area contributed by atoms with Gasteiger partial charge in [0.1, 0.15) is 6.17 Å². The lowest BCUT2D eigenvalue weighted by Gasteiger charge is -2.21. The molecule has 0 amide bonds. The number of aliphatic carboxylic acids is 1. The van der Waals surface area contributed by atoms with E-state index in [1.54, 1.807) is 6.92 Å². The van der Waals surface area contributed by atoms with Crippen LogP contribution in [-0.2, 0) is 4.79 Å². The van der Waals surface area contributed by atoms with Crippen molar-refractivity contribution in [3.05, 3.63) is 0 Å². The zero-order valence-electron chi connectivity index (χ0n) is 8.58. The molecule has 1 fully saturated rings. The Bertz CT molecular complexity index is 199. The molecule has 1 aliphatic rings. The first-order chi connectivity index (χ1) is 6.59. The van der Waals surface area contributed by atoms with Crippen LogP contribution in [0.2, 0.25) is 0 Å². The molecule has 1 aliphatic heterocycles. The molecule has 2 unspecified atom stereocenters. The summed E-state index contributed by atoms with van der Waals surface area (Å²) >= 11 is 0. The summed E-state index contributed by atoms with van der Waals surface area (Å²) < 4.78 is 13.0. The summed E-state index contributed by atoms with van der Waals surface area (Å²) in [5.41, 5.74) is 0. The van der Waals surface area contributed by atoms with Gasteiger partial charge in [0.2, 0.25) is 0 Å². The highest BCUT2D eigenvalue weighted by atomic mass is 19.1. The third-order valence-electron chi connectivity index (χ3n) is 2.70. The van der Waals surface area contributed by atoms with Crippen LogP contribution in [0, 0.1) is 5.92 Å². The quantitative estimate of drug-likeness (QED) is 0.756. The minimum atomic E-state index is -0.772. The van der Waals surface area contributed by atoms with Crippen molar-refractivity contribution in [3.63, 3.8) is 0 Å². The second kappa shape index (κ2) is 5.29. The van der Waals surface area contributed by atoms with E-state index < -0.39 is 12.1 Å². The van der Waals surface area contributed by atoms with Gasteiger partial charge in [0.15, 0.2) is 0 Å². The zero-order valence-corrected chi connectivity index (χ0v) is 8.58. The van der Waals surface area contributed by atoms with E-state index >= 15 is 0 Å². The van der Waals surface area contributed by atoms with E-state index in [-0.39, 0.29) is 5.92 Å². The van der Waals surface area contributed by atoms with Crippen LogP contribution in [0.15, 0.2) is 0 Å². The number of alkyl halides is 1. The fraction of sp³-hybridized carbons (Fsp3) is 0.900. The Balaban J connectivity index is 2.33. The Morgan fingerprint density at radius 3 is 2.93 bits per heavy atom. The van der Waals surface area contributed by atoms with Crippen molar-refractivity contribution < 1.29 is 14.3 Å². The third-order valence-corrected chi connectivity index (χ3v) is 2.70. The number of nitrogens with zero attached hydrogens (tertiary/aromatic N) is 1. The predicted molar refractivity (Wildman–Crippen MR) is 52.0 cm³/mol. The van der Waals surface area contributed by atoms with Crippen LogP contribution in [0.25, 0.3) is 0 Å². The number of carboxylic acid groups (broad SMARTS) is 1. The number of hydrogen-bond acceptors (Lipinski definition) is 2. The average Bonchev–Trinajstić information content (AvgIpc) is 2.31. The van der Waals surface area contributed by atoms with Crippen molar-refractivity contribution in [1.82, 2.24) is 4.90 Å². The highest BCUT2D eigenvalue weighted by Crippen LogP contribution is 2.14. The van der Waals surface area contributed by atoms with Gasteiger partial charge >= 0.3 is 5.97 Å². The molecule has 3 nitrogen and oxygen atoms in total. The SMILES string of the molecule is CC(CN1CCCC(F)CC1)C(=O)O. The van der Waals surface area contributed by atoms with E-state index in [2.05, 4.69) is 4.90 Å². The third kappa shape index (κ3) is 3.62. The number of rotatable bonds is 3. The largest absolute Gasteiger partial charge is 0.481 e. The highest BCUT2D eigenvalue weighted by molar-refractivity contribution is 5.69. The molecule has 82 valence electrons. The van der Waals surface area contributed by atoms with Gasteiger partial charge in [0, 0.05) is 13.1 Å². The van der Waals surface area contributed by atoms with E-state index in [9.17, 15) is 9.18 Å². The Hall–Kier alpha value is -0.640. The van der Waals surface area contributed by atoms with Crippen molar-refractivity contribution in [1.29, 1.82) is 0 Å². The highest BCUT2D eigenvalue weighted by Gasteiger charge is 2.20. The van der Waals surface area contributed by atoms with E-state index in [0.29, 0.717) is 25.9 Å². The summed E-state index contributed by atoms with van der Waals surface area (Å²) in [5.74, 6) is -1.13. The molecule has 1 saturated heterocycles. The lowest BCUT2D eigenvalue weighted by molar-refractivity contribution is -0.141. The van der Waals surface area contributed by atoms with Crippen LogP contribution >= 0.6 is 0 Å². The fourth-order valence-electron chi connectivity index (χ4n) is 1.76. The summed E-state index contributed by atoms with van der Waals surface area (Å²) in [7, 11) is 0. The molecule has 0 aromatic heterocycles. The van der Waals surface area contributed by atoms with Gasteiger partial charge in [-0.15, -0.1) is 0 Å². The molecule has 2 atom stereocenters. The predicted octanol–water partition coefficient (Wildman–Crippen LogP) is 1.53. The molecule has 1 heterocycles. The summed E-state index contributed by atoms with van der Waals surface area (Å²) in [4.78, 5) is 12.7. The van der Waals surface area contributed by atoms with Gasteiger partial charge in [-0.2, -0.15) is 0 Å².